The number of carbonyl (C=O) groups excluding carboxylic acids is 2. The Bertz CT molecular complexity index is 1010. The highest BCUT2D eigenvalue weighted by Gasteiger charge is 2.22. The van der Waals surface area contributed by atoms with Crippen molar-refractivity contribution in [3.8, 4) is 0 Å². The molecular formula is C26H32ClN3O2S. The van der Waals surface area contributed by atoms with Crippen LogP contribution in [-0.2, 0) is 4.79 Å². The van der Waals surface area contributed by atoms with Crippen molar-refractivity contribution in [2.75, 3.05) is 31.5 Å². The summed E-state index contributed by atoms with van der Waals surface area (Å²) >= 11 is 7.44. The number of anilines is 1. The maximum atomic E-state index is 12.6. The fourth-order valence-corrected chi connectivity index (χ4v) is 4.82. The summed E-state index contributed by atoms with van der Waals surface area (Å²) in [4.78, 5) is 29.2. The number of nitrogens with zero attached hydrogens (tertiary/aromatic N) is 1. The van der Waals surface area contributed by atoms with Gasteiger partial charge < -0.3 is 15.5 Å². The molecule has 1 aliphatic heterocycles. The van der Waals surface area contributed by atoms with Crippen LogP contribution in [0.15, 0.2) is 52.3 Å². The predicted molar refractivity (Wildman–Crippen MR) is 139 cm³/mol. The molecule has 0 bridgehead atoms. The van der Waals surface area contributed by atoms with E-state index in [1.807, 2.05) is 30.3 Å². The molecule has 0 atom stereocenters. The van der Waals surface area contributed by atoms with Gasteiger partial charge in [-0.2, -0.15) is 0 Å². The minimum absolute atomic E-state index is 0.118. The number of hydrogen-bond donors (Lipinski definition) is 2. The monoisotopic (exact) mass is 485 g/mol. The Morgan fingerprint density at radius 1 is 1.09 bits per heavy atom. The van der Waals surface area contributed by atoms with E-state index in [9.17, 15) is 9.59 Å². The van der Waals surface area contributed by atoms with Gasteiger partial charge in [-0.3, -0.25) is 9.59 Å². The normalized spacial score (nSPS) is 14.3. The fraction of sp³-hybridized carbons (Fsp3) is 0.385. The predicted octanol–water partition coefficient (Wildman–Crippen LogP) is 6.06. The van der Waals surface area contributed by atoms with Crippen molar-refractivity contribution in [2.24, 2.45) is 0 Å². The van der Waals surface area contributed by atoms with Crippen molar-refractivity contribution < 1.29 is 9.59 Å². The lowest BCUT2D eigenvalue weighted by atomic mass is 10.1. The highest BCUT2D eigenvalue weighted by Crippen LogP contribution is 2.39. The molecule has 2 aromatic carbocycles. The van der Waals surface area contributed by atoms with Gasteiger partial charge in [0.25, 0.3) is 11.8 Å². The summed E-state index contributed by atoms with van der Waals surface area (Å²) in [5.41, 5.74) is 2.08. The molecule has 0 saturated carbocycles. The van der Waals surface area contributed by atoms with Gasteiger partial charge in [-0.25, -0.2) is 0 Å². The van der Waals surface area contributed by atoms with Crippen LogP contribution in [0, 0.1) is 0 Å². The topological polar surface area (TPSA) is 61.4 Å². The summed E-state index contributed by atoms with van der Waals surface area (Å²) in [6, 6.07) is 12.8. The number of nitrogens with one attached hydrogen (secondary N) is 2. The third-order valence-corrected chi connectivity index (χ3v) is 6.72. The van der Waals surface area contributed by atoms with Gasteiger partial charge in [-0.15, -0.1) is 0 Å². The molecule has 0 fully saturated rings. The van der Waals surface area contributed by atoms with E-state index in [-0.39, 0.29) is 11.8 Å². The summed E-state index contributed by atoms with van der Waals surface area (Å²) in [5, 5.41) is 6.54. The summed E-state index contributed by atoms with van der Waals surface area (Å²) in [6.07, 6.45) is 6.29. The van der Waals surface area contributed by atoms with E-state index in [2.05, 4.69) is 29.4 Å². The number of halogens is 1. The first-order valence-electron chi connectivity index (χ1n) is 11.6. The van der Waals surface area contributed by atoms with E-state index in [0.29, 0.717) is 27.7 Å². The molecule has 1 heterocycles. The second-order valence-corrected chi connectivity index (χ2v) is 9.66. The Hall–Kier alpha value is -2.28. The second-order valence-electron chi connectivity index (χ2n) is 8.14. The van der Waals surface area contributed by atoms with Gasteiger partial charge in [-0.05, 0) is 80.9 Å². The minimum atomic E-state index is -0.187. The van der Waals surface area contributed by atoms with Gasteiger partial charge in [0, 0.05) is 22.0 Å². The van der Waals surface area contributed by atoms with E-state index >= 15 is 0 Å². The van der Waals surface area contributed by atoms with E-state index in [4.69, 9.17) is 11.6 Å². The number of benzene rings is 2. The summed E-state index contributed by atoms with van der Waals surface area (Å²) in [7, 11) is 0. The standard InChI is InChI=1S/C26H32ClN3O2S/c1-3-5-14-30(13-4-2)15-7-12-28-25(31)20-10-11-23-22(18-20)29-26(32)24(33-23)17-19-8-6-9-21(27)16-19/h6,8-11,16-18H,3-5,7,12-15H2,1-2H3,(H,28,31)(H,29,32)/b24-17+. The van der Waals surface area contributed by atoms with Crippen LogP contribution < -0.4 is 10.6 Å². The number of unbranched alkanes of at least 4 members (excludes halogenated alkanes) is 1. The van der Waals surface area contributed by atoms with Gasteiger partial charge >= 0.3 is 0 Å². The van der Waals surface area contributed by atoms with Crippen molar-refractivity contribution in [3.05, 3.63) is 63.5 Å². The zero-order valence-corrected chi connectivity index (χ0v) is 20.9. The van der Waals surface area contributed by atoms with Crippen LogP contribution in [0.25, 0.3) is 6.08 Å². The van der Waals surface area contributed by atoms with E-state index in [1.54, 1.807) is 18.2 Å². The molecule has 0 spiro atoms. The molecule has 0 saturated heterocycles. The molecule has 33 heavy (non-hydrogen) atoms. The molecule has 0 aliphatic carbocycles. The molecule has 176 valence electrons. The molecule has 0 aromatic heterocycles. The molecule has 2 N–H and O–H groups in total. The third-order valence-electron chi connectivity index (χ3n) is 5.38. The third kappa shape index (κ3) is 7.63. The maximum absolute atomic E-state index is 12.6. The fourth-order valence-electron chi connectivity index (χ4n) is 3.69. The lowest BCUT2D eigenvalue weighted by molar-refractivity contribution is -0.112. The lowest BCUT2D eigenvalue weighted by Gasteiger charge is -2.21. The van der Waals surface area contributed by atoms with Crippen molar-refractivity contribution in [3.63, 3.8) is 0 Å². The van der Waals surface area contributed by atoms with Crippen LogP contribution in [0.1, 0.15) is 55.5 Å². The molecule has 0 unspecified atom stereocenters. The molecule has 2 amide bonds. The SMILES string of the molecule is CCCCN(CCC)CCCNC(=O)c1ccc2c(c1)NC(=O)/C(=C\c1cccc(Cl)c1)S2. The largest absolute Gasteiger partial charge is 0.352 e. The van der Waals surface area contributed by atoms with Crippen LogP contribution in [0.3, 0.4) is 0 Å². The molecule has 1 aliphatic rings. The van der Waals surface area contributed by atoms with Crippen LogP contribution in [-0.4, -0.2) is 42.9 Å². The Morgan fingerprint density at radius 2 is 1.91 bits per heavy atom. The molecule has 5 nitrogen and oxygen atoms in total. The summed E-state index contributed by atoms with van der Waals surface area (Å²) in [5.74, 6) is -0.305. The van der Waals surface area contributed by atoms with Crippen molar-refractivity contribution >= 4 is 46.9 Å². The summed E-state index contributed by atoms with van der Waals surface area (Å²) in [6.45, 7) is 8.25. The Morgan fingerprint density at radius 3 is 2.67 bits per heavy atom. The number of rotatable bonds is 11. The number of thioether (sulfide) groups is 1. The molecule has 2 aromatic rings. The summed E-state index contributed by atoms with van der Waals surface area (Å²) < 4.78 is 0. The highest BCUT2D eigenvalue weighted by molar-refractivity contribution is 8.04. The Kier molecular flexibility index (Phi) is 9.85. The van der Waals surface area contributed by atoms with Gasteiger partial charge in [0.15, 0.2) is 0 Å². The lowest BCUT2D eigenvalue weighted by Crippen LogP contribution is -2.31. The zero-order chi connectivity index (χ0) is 23.6. The maximum Gasteiger partial charge on any atom is 0.262 e. The molecular weight excluding hydrogens is 454 g/mol. The van der Waals surface area contributed by atoms with E-state index < -0.39 is 0 Å². The van der Waals surface area contributed by atoms with Gasteiger partial charge in [0.2, 0.25) is 0 Å². The number of hydrogen-bond acceptors (Lipinski definition) is 4. The van der Waals surface area contributed by atoms with Crippen LogP contribution in [0.4, 0.5) is 5.69 Å². The average Bonchev–Trinajstić information content (AvgIpc) is 2.80. The van der Waals surface area contributed by atoms with E-state index in [0.717, 1.165) is 42.9 Å². The van der Waals surface area contributed by atoms with Gasteiger partial charge in [0.1, 0.15) is 0 Å². The van der Waals surface area contributed by atoms with Gasteiger partial charge in [0.05, 0.1) is 10.6 Å². The van der Waals surface area contributed by atoms with Crippen molar-refractivity contribution in [1.29, 1.82) is 0 Å². The Balaban J connectivity index is 1.56. The zero-order valence-electron chi connectivity index (χ0n) is 19.3. The first-order valence-corrected chi connectivity index (χ1v) is 12.8. The highest BCUT2D eigenvalue weighted by atomic mass is 35.5. The van der Waals surface area contributed by atoms with Gasteiger partial charge in [-0.1, -0.05) is 55.8 Å². The molecule has 7 heteroatoms. The quantitative estimate of drug-likeness (QED) is 0.300. The van der Waals surface area contributed by atoms with E-state index in [1.165, 1.54) is 24.6 Å². The van der Waals surface area contributed by atoms with Crippen molar-refractivity contribution in [2.45, 2.75) is 44.4 Å². The van der Waals surface area contributed by atoms with Crippen molar-refractivity contribution in [1.82, 2.24) is 10.2 Å². The number of amides is 2. The number of fused-ring (bicyclic) bond motifs is 1. The number of carbonyl (C=O) groups is 2. The second kappa shape index (κ2) is 12.8. The van der Waals surface area contributed by atoms with Crippen LogP contribution in [0.5, 0.6) is 0 Å². The molecule has 3 rings (SSSR count). The first kappa shape index (κ1) is 25.3. The molecule has 0 radical (unpaired) electrons. The Labute approximate surface area is 206 Å². The minimum Gasteiger partial charge on any atom is -0.352 e. The van der Waals surface area contributed by atoms with Crippen LogP contribution in [0.2, 0.25) is 5.02 Å². The average molecular weight is 486 g/mol. The first-order chi connectivity index (χ1) is 16.0. The van der Waals surface area contributed by atoms with Crippen LogP contribution >= 0.6 is 23.4 Å². The smallest absolute Gasteiger partial charge is 0.262 e.